The first-order valence-electron chi connectivity index (χ1n) is 11.5. The third-order valence-electron chi connectivity index (χ3n) is 6.03. The van der Waals surface area contributed by atoms with E-state index in [1.165, 1.54) is 16.4 Å². The second kappa shape index (κ2) is 10.8. The fraction of sp³-hybridized carbons (Fsp3) is 0.269. The molecule has 4 rings (SSSR count). The summed E-state index contributed by atoms with van der Waals surface area (Å²) in [5, 5.41) is 5.65. The minimum Gasteiger partial charge on any atom is -0.348 e. The smallest absolute Gasteiger partial charge is 0.255 e. The zero-order valence-electron chi connectivity index (χ0n) is 19.5. The van der Waals surface area contributed by atoms with E-state index in [2.05, 4.69) is 15.6 Å². The molecule has 1 atom stereocenters. The van der Waals surface area contributed by atoms with Gasteiger partial charge in [0.1, 0.15) is 0 Å². The molecule has 2 amide bonds. The van der Waals surface area contributed by atoms with Crippen LogP contribution < -0.4 is 10.6 Å². The van der Waals surface area contributed by atoms with Gasteiger partial charge in [-0.25, -0.2) is 8.42 Å². The Labute approximate surface area is 205 Å². The number of anilines is 1. The summed E-state index contributed by atoms with van der Waals surface area (Å²) in [5.74, 6) is -0.630. The number of pyridine rings is 1. The molecule has 2 aromatic carbocycles. The van der Waals surface area contributed by atoms with E-state index in [4.69, 9.17) is 0 Å². The van der Waals surface area contributed by atoms with Gasteiger partial charge in [-0.15, -0.1) is 0 Å². The first-order valence-corrected chi connectivity index (χ1v) is 13.0. The summed E-state index contributed by atoms with van der Waals surface area (Å²) in [7, 11) is -3.67. The molecule has 1 saturated heterocycles. The van der Waals surface area contributed by atoms with Crippen LogP contribution >= 0.6 is 0 Å². The normalized spacial score (nSPS) is 16.4. The summed E-state index contributed by atoms with van der Waals surface area (Å²) in [4.78, 5) is 29.2. The van der Waals surface area contributed by atoms with E-state index in [9.17, 15) is 18.0 Å². The van der Waals surface area contributed by atoms with Crippen LogP contribution in [0.15, 0.2) is 78.0 Å². The number of amides is 2. The summed E-state index contributed by atoms with van der Waals surface area (Å²) >= 11 is 0. The number of rotatable bonds is 7. The van der Waals surface area contributed by atoms with Crippen LogP contribution in [0.2, 0.25) is 0 Å². The summed E-state index contributed by atoms with van der Waals surface area (Å²) in [5.41, 5.74) is 2.16. The molecule has 0 radical (unpaired) electrons. The SMILES string of the molecule is CC1CCCCN1S(=O)(=O)c1cccc(C(=O)NCc2cccc(NC(=O)c3ccncc3)c2)c1. The lowest BCUT2D eigenvalue weighted by Gasteiger charge is -2.32. The highest BCUT2D eigenvalue weighted by molar-refractivity contribution is 7.89. The van der Waals surface area contributed by atoms with Gasteiger partial charge in [0.05, 0.1) is 4.90 Å². The standard InChI is InChI=1S/C26H28N4O4S/c1-19-6-2-3-15-30(19)35(33,34)24-10-5-8-22(17-24)25(31)28-18-20-7-4-9-23(16-20)29-26(32)21-11-13-27-14-12-21/h4-5,7-14,16-17,19H,2-3,6,15,18H2,1H3,(H,28,31)(H,29,32). The number of carbonyl (C=O) groups excluding carboxylic acids is 2. The van der Waals surface area contributed by atoms with Crippen LogP contribution in [0.3, 0.4) is 0 Å². The quantitative estimate of drug-likeness (QED) is 0.521. The lowest BCUT2D eigenvalue weighted by atomic mass is 10.1. The Hall–Kier alpha value is -3.56. The van der Waals surface area contributed by atoms with Crippen LogP contribution in [0.25, 0.3) is 0 Å². The zero-order valence-corrected chi connectivity index (χ0v) is 20.3. The molecular formula is C26H28N4O4S. The van der Waals surface area contributed by atoms with Crippen molar-refractivity contribution < 1.29 is 18.0 Å². The number of aromatic nitrogens is 1. The monoisotopic (exact) mass is 492 g/mol. The Morgan fingerprint density at radius 3 is 2.51 bits per heavy atom. The number of nitrogens with one attached hydrogen (secondary N) is 2. The highest BCUT2D eigenvalue weighted by Crippen LogP contribution is 2.25. The predicted octanol–water partition coefficient (Wildman–Crippen LogP) is 3.83. The van der Waals surface area contributed by atoms with Crippen molar-refractivity contribution in [3.8, 4) is 0 Å². The Bertz CT molecular complexity index is 1310. The van der Waals surface area contributed by atoms with Gasteiger partial charge in [0, 0.05) is 48.3 Å². The molecule has 182 valence electrons. The number of benzene rings is 2. The van der Waals surface area contributed by atoms with E-state index in [-0.39, 0.29) is 34.9 Å². The van der Waals surface area contributed by atoms with Crippen LogP contribution in [0, 0.1) is 0 Å². The average molecular weight is 493 g/mol. The first kappa shape index (κ1) is 24.6. The average Bonchev–Trinajstić information content (AvgIpc) is 2.88. The highest BCUT2D eigenvalue weighted by Gasteiger charge is 2.31. The molecule has 0 saturated carbocycles. The summed E-state index contributed by atoms with van der Waals surface area (Å²) in [6.45, 7) is 2.63. The van der Waals surface area contributed by atoms with Crippen molar-refractivity contribution >= 4 is 27.5 Å². The van der Waals surface area contributed by atoms with E-state index in [0.717, 1.165) is 24.8 Å². The van der Waals surface area contributed by atoms with E-state index >= 15 is 0 Å². The topological polar surface area (TPSA) is 108 Å². The second-order valence-corrected chi connectivity index (χ2v) is 10.5. The molecule has 0 aliphatic carbocycles. The van der Waals surface area contributed by atoms with Crippen molar-refractivity contribution in [2.75, 3.05) is 11.9 Å². The Morgan fingerprint density at radius 1 is 0.971 bits per heavy atom. The van der Waals surface area contributed by atoms with E-state index in [0.29, 0.717) is 17.8 Å². The van der Waals surface area contributed by atoms with E-state index < -0.39 is 10.0 Å². The van der Waals surface area contributed by atoms with E-state index in [1.807, 2.05) is 13.0 Å². The number of piperidine rings is 1. The first-order chi connectivity index (χ1) is 16.8. The van der Waals surface area contributed by atoms with Crippen LogP contribution in [0.5, 0.6) is 0 Å². The van der Waals surface area contributed by atoms with Gasteiger partial charge in [0.2, 0.25) is 10.0 Å². The van der Waals surface area contributed by atoms with Crippen LogP contribution in [0.4, 0.5) is 5.69 Å². The minimum atomic E-state index is -3.67. The molecule has 1 aliphatic heterocycles. The molecule has 1 aromatic heterocycles. The lowest BCUT2D eigenvalue weighted by molar-refractivity contribution is 0.0949. The number of sulfonamides is 1. The van der Waals surface area contributed by atoms with E-state index in [1.54, 1.807) is 54.9 Å². The minimum absolute atomic E-state index is 0.0578. The van der Waals surface area contributed by atoms with Gasteiger partial charge in [0.15, 0.2) is 0 Å². The molecule has 1 unspecified atom stereocenters. The van der Waals surface area contributed by atoms with Gasteiger partial charge in [-0.1, -0.05) is 24.6 Å². The third-order valence-corrected chi connectivity index (χ3v) is 8.03. The second-order valence-electron chi connectivity index (χ2n) is 8.56. The summed E-state index contributed by atoms with van der Waals surface area (Å²) < 4.78 is 27.8. The van der Waals surface area contributed by atoms with Crippen LogP contribution in [0.1, 0.15) is 52.5 Å². The van der Waals surface area contributed by atoms with Crippen LogP contribution in [-0.4, -0.2) is 42.1 Å². The molecule has 8 nitrogen and oxygen atoms in total. The number of hydrogen-bond donors (Lipinski definition) is 2. The van der Waals surface area contributed by atoms with Crippen molar-refractivity contribution in [2.24, 2.45) is 0 Å². The van der Waals surface area contributed by atoms with Gasteiger partial charge in [-0.2, -0.15) is 4.31 Å². The van der Waals surface area contributed by atoms with Gasteiger partial charge < -0.3 is 10.6 Å². The Balaban J connectivity index is 1.41. The summed E-state index contributed by atoms with van der Waals surface area (Å²) in [6, 6.07) is 16.5. The third kappa shape index (κ3) is 5.93. The molecule has 35 heavy (non-hydrogen) atoms. The van der Waals surface area contributed by atoms with Gasteiger partial charge in [-0.05, 0) is 67.8 Å². The maximum absolute atomic E-state index is 13.1. The van der Waals surface area contributed by atoms with Crippen LogP contribution in [-0.2, 0) is 16.6 Å². The molecule has 0 bridgehead atoms. The predicted molar refractivity (Wildman–Crippen MR) is 133 cm³/mol. The largest absolute Gasteiger partial charge is 0.348 e. The molecule has 1 aliphatic rings. The van der Waals surface area contributed by atoms with Crippen molar-refractivity contribution in [2.45, 2.75) is 43.7 Å². The van der Waals surface area contributed by atoms with Crippen molar-refractivity contribution in [1.29, 1.82) is 0 Å². The van der Waals surface area contributed by atoms with Crippen molar-refractivity contribution in [3.63, 3.8) is 0 Å². The molecule has 2 N–H and O–H groups in total. The maximum atomic E-state index is 13.1. The number of hydrogen-bond acceptors (Lipinski definition) is 5. The number of carbonyl (C=O) groups is 2. The Morgan fingerprint density at radius 2 is 1.74 bits per heavy atom. The van der Waals surface area contributed by atoms with Crippen molar-refractivity contribution in [3.05, 3.63) is 89.7 Å². The van der Waals surface area contributed by atoms with Gasteiger partial charge in [-0.3, -0.25) is 14.6 Å². The van der Waals surface area contributed by atoms with Crippen molar-refractivity contribution in [1.82, 2.24) is 14.6 Å². The maximum Gasteiger partial charge on any atom is 0.255 e. The highest BCUT2D eigenvalue weighted by atomic mass is 32.2. The molecule has 1 fully saturated rings. The molecule has 9 heteroatoms. The summed E-state index contributed by atoms with van der Waals surface area (Å²) in [6.07, 6.45) is 5.79. The molecule has 0 spiro atoms. The molecule has 3 aromatic rings. The fourth-order valence-corrected chi connectivity index (χ4v) is 5.86. The fourth-order valence-electron chi connectivity index (χ4n) is 4.11. The number of nitrogens with zero attached hydrogens (tertiary/aromatic N) is 2. The van der Waals surface area contributed by atoms with Gasteiger partial charge >= 0.3 is 0 Å². The lowest BCUT2D eigenvalue weighted by Crippen LogP contribution is -2.42. The Kier molecular flexibility index (Phi) is 7.57. The zero-order chi connectivity index (χ0) is 24.8. The van der Waals surface area contributed by atoms with Gasteiger partial charge in [0.25, 0.3) is 11.8 Å². The molecule has 2 heterocycles. The molecular weight excluding hydrogens is 464 g/mol.